The number of rotatable bonds is 5. The molecular weight excluding hydrogens is 152 g/mol. The van der Waals surface area contributed by atoms with Gasteiger partial charge < -0.3 is 4.74 Å². The van der Waals surface area contributed by atoms with Crippen molar-refractivity contribution in [2.45, 2.75) is 20.3 Å². The van der Waals surface area contributed by atoms with Gasteiger partial charge in [0.15, 0.2) is 0 Å². The molecule has 2 nitrogen and oxygen atoms in total. The summed E-state index contributed by atoms with van der Waals surface area (Å²) in [4.78, 5) is 9.96. The van der Waals surface area contributed by atoms with E-state index in [1.54, 1.807) is 6.08 Å². The third kappa shape index (κ3) is 4.50. The Balaban J connectivity index is 4.28. The molecule has 0 bridgehead atoms. The molecule has 0 rings (SSSR count). The summed E-state index contributed by atoms with van der Waals surface area (Å²) in [6.45, 7) is 7.97. The van der Waals surface area contributed by atoms with Crippen LogP contribution in [0.2, 0.25) is 0 Å². The molecule has 0 amide bonds. The van der Waals surface area contributed by atoms with Crippen molar-refractivity contribution in [1.82, 2.24) is 0 Å². The van der Waals surface area contributed by atoms with Crippen molar-refractivity contribution >= 4 is 6.47 Å². The average molecular weight is 166 g/mol. The highest BCUT2D eigenvalue weighted by Gasteiger charge is 1.87. The normalized spacial score (nSPS) is 12.5. The molecule has 0 fully saturated rings. The minimum atomic E-state index is 0.392. The zero-order valence-corrected chi connectivity index (χ0v) is 7.54. The lowest BCUT2D eigenvalue weighted by atomic mass is 10.2. The fourth-order valence-electron chi connectivity index (χ4n) is 0.553. The molecule has 0 aliphatic rings. The van der Waals surface area contributed by atoms with Crippen LogP contribution in [0.4, 0.5) is 0 Å². The molecule has 0 unspecified atom stereocenters. The lowest BCUT2D eigenvalue weighted by Gasteiger charge is -1.95. The Morgan fingerprint density at radius 1 is 1.50 bits per heavy atom. The van der Waals surface area contributed by atoms with Gasteiger partial charge in [-0.25, -0.2) is 0 Å². The second-order valence-corrected chi connectivity index (χ2v) is 2.35. The monoisotopic (exact) mass is 166 g/mol. The standard InChI is InChI=1S/C10H14O2/c1-4-9(3)6-7-10(5-2)12-8-11/h5-8H,2,4H2,1,3H3/b9-6+,10-7+. The van der Waals surface area contributed by atoms with Gasteiger partial charge in [0.2, 0.25) is 0 Å². The Hall–Kier alpha value is -1.31. The molecule has 0 N–H and O–H groups in total. The van der Waals surface area contributed by atoms with Gasteiger partial charge in [0.05, 0.1) is 0 Å². The zero-order valence-electron chi connectivity index (χ0n) is 7.54. The molecule has 0 aliphatic carbocycles. The highest BCUT2D eigenvalue weighted by Crippen LogP contribution is 2.02. The van der Waals surface area contributed by atoms with Gasteiger partial charge in [0, 0.05) is 0 Å². The van der Waals surface area contributed by atoms with E-state index < -0.39 is 0 Å². The van der Waals surface area contributed by atoms with E-state index >= 15 is 0 Å². The number of allylic oxidation sites excluding steroid dienone is 4. The van der Waals surface area contributed by atoms with Crippen LogP contribution >= 0.6 is 0 Å². The Morgan fingerprint density at radius 2 is 2.17 bits per heavy atom. The van der Waals surface area contributed by atoms with Gasteiger partial charge in [-0.2, -0.15) is 0 Å². The summed E-state index contributed by atoms with van der Waals surface area (Å²) < 4.78 is 4.60. The lowest BCUT2D eigenvalue weighted by molar-refractivity contribution is -0.124. The number of hydrogen-bond acceptors (Lipinski definition) is 2. The molecule has 0 heterocycles. The minimum Gasteiger partial charge on any atom is -0.429 e. The van der Waals surface area contributed by atoms with Gasteiger partial charge in [-0.3, -0.25) is 4.79 Å². The molecule has 0 aromatic carbocycles. The van der Waals surface area contributed by atoms with Gasteiger partial charge >= 0.3 is 0 Å². The van der Waals surface area contributed by atoms with Crippen LogP contribution in [0.25, 0.3) is 0 Å². The van der Waals surface area contributed by atoms with E-state index in [0.717, 1.165) is 6.42 Å². The summed E-state index contributed by atoms with van der Waals surface area (Å²) in [6, 6.07) is 0. The second-order valence-electron chi connectivity index (χ2n) is 2.35. The third-order valence-electron chi connectivity index (χ3n) is 1.48. The van der Waals surface area contributed by atoms with Crippen molar-refractivity contribution in [1.29, 1.82) is 0 Å². The maximum atomic E-state index is 9.96. The van der Waals surface area contributed by atoms with Crippen LogP contribution in [0.1, 0.15) is 20.3 Å². The molecule has 2 heteroatoms. The highest BCUT2D eigenvalue weighted by atomic mass is 16.5. The number of carbonyl (C=O) groups excluding carboxylic acids is 1. The fourth-order valence-corrected chi connectivity index (χ4v) is 0.553. The number of hydrogen-bond donors (Lipinski definition) is 0. The van der Waals surface area contributed by atoms with Gasteiger partial charge in [-0.15, -0.1) is 0 Å². The van der Waals surface area contributed by atoms with Crippen molar-refractivity contribution in [3.63, 3.8) is 0 Å². The van der Waals surface area contributed by atoms with Crippen molar-refractivity contribution < 1.29 is 9.53 Å². The first-order chi connectivity index (χ1) is 5.74. The Kier molecular flexibility index (Phi) is 5.70. The summed E-state index contributed by atoms with van der Waals surface area (Å²) in [5.74, 6) is 0.470. The second kappa shape index (κ2) is 6.40. The van der Waals surface area contributed by atoms with E-state index in [1.807, 2.05) is 13.0 Å². The number of ether oxygens (including phenoxy) is 1. The van der Waals surface area contributed by atoms with E-state index in [1.165, 1.54) is 11.6 Å². The Labute approximate surface area is 73.2 Å². The lowest BCUT2D eigenvalue weighted by Crippen LogP contribution is -1.84. The summed E-state index contributed by atoms with van der Waals surface area (Å²) in [6.07, 6.45) is 6.11. The largest absolute Gasteiger partial charge is 0.429 e. The Morgan fingerprint density at radius 3 is 2.58 bits per heavy atom. The third-order valence-corrected chi connectivity index (χ3v) is 1.48. The van der Waals surface area contributed by atoms with Gasteiger partial charge in [0.1, 0.15) is 5.76 Å². The summed E-state index contributed by atoms with van der Waals surface area (Å²) >= 11 is 0. The first-order valence-electron chi connectivity index (χ1n) is 3.84. The van der Waals surface area contributed by atoms with Crippen molar-refractivity contribution in [3.8, 4) is 0 Å². The quantitative estimate of drug-likeness (QED) is 0.356. The predicted molar refractivity (Wildman–Crippen MR) is 49.5 cm³/mol. The van der Waals surface area contributed by atoms with E-state index in [2.05, 4.69) is 18.2 Å². The highest BCUT2D eigenvalue weighted by molar-refractivity contribution is 5.42. The van der Waals surface area contributed by atoms with Gasteiger partial charge in [0.25, 0.3) is 6.47 Å². The van der Waals surface area contributed by atoms with E-state index in [9.17, 15) is 4.79 Å². The van der Waals surface area contributed by atoms with Crippen LogP contribution in [-0.2, 0) is 9.53 Å². The van der Waals surface area contributed by atoms with Crippen LogP contribution in [0, 0.1) is 0 Å². The number of carbonyl (C=O) groups is 1. The molecule has 0 aromatic rings. The van der Waals surface area contributed by atoms with Gasteiger partial charge in [-0.05, 0) is 25.5 Å². The van der Waals surface area contributed by atoms with Crippen LogP contribution in [0.3, 0.4) is 0 Å². The van der Waals surface area contributed by atoms with E-state index in [-0.39, 0.29) is 0 Å². The minimum absolute atomic E-state index is 0.392. The molecule has 0 spiro atoms. The SMILES string of the molecule is C=C/C(=C\C=C(/C)CC)OC=O. The van der Waals surface area contributed by atoms with Crippen molar-refractivity contribution in [3.05, 3.63) is 36.1 Å². The van der Waals surface area contributed by atoms with Gasteiger partial charge in [-0.1, -0.05) is 25.2 Å². The topological polar surface area (TPSA) is 26.3 Å². The van der Waals surface area contributed by atoms with Crippen molar-refractivity contribution in [2.75, 3.05) is 0 Å². The molecule has 66 valence electrons. The molecule has 0 saturated carbocycles. The first kappa shape index (κ1) is 10.7. The molecule has 0 aliphatic heterocycles. The molecule has 0 atom stereocenters. The first-order valence-corrected chi connectivity index (χ1v) is 3.84. The average Bonchev–Trinajstić information content (AvgIpc) is 2.11. The maximum absolute atomic E-state index is 9.96. The van der Waals surface area contributed by atoms with Crippen LogP contribution in [-0.4, -0.2) is 6.47 Å². The maximum Gasteiger partial charge on any atom is 0.298 e. The predicted octanol–water partition coefficient (Wildman–Crippen LogP) is 2.59. The van der Waals surface area contributed by atoms with E-state index in [0.29, 0.717) is 12.2 Å². The summed E-state index contributed by atoms with van der Waals surface area (Å²) in [7, 11) is 0. The summed E-state index contributed by atoms with van der Waals surface area (Å²) in [5.41, 5.74) is 1.23. The zero-order chi connectivity index (χ0) is 9.40. The molecule has 0 radical (unpaired) electrons. The van der Waals surface area contributed by atoms with Crippen LogP contribution < -0.4 is 0 Å². The fraction of sp³-hybridized carbons (Fsp3) is 0.300. The molecule has 0 aromatic heterocycles. The Bertz CT molecular complexity index is 212. The smallest absolute Gasteiger partial charge is 0.298 e. The van der Waals surface area contributed by atoms with Crippen LogP contribution in [0.5, 0.6) is 0 Å². The molecule has 12 heavy (non-hydrogen) atoms. The molecule has 0 saturated heterocycles. The van der Waals surface area contributed by atoms with Crippen LogP contribution in [0.15, 0.2) is 36.1 Å². The van der Waals surface area contributed by atoms with E-state index in [4.69, 9.17) is 0 Å². The summed E-state index contributed by atoms with van der Waals surface area (Å²) in [5, 5.41) is 0. The van der Waals surface area contributed by atoms with Crippen molar-refractivity contribution in [2.24, 2.45) is 0 Å². The molecular formula is C10H14O2.